The van der Waals surface area contributed by atoms with E-state index >= 15 is 0 Å². The van der Waals surface area contributed by atoms with Crippen LogP contribution in [-0.4, -0.2) is 0 Å². The third kappa shape index (κ3) is 1.80. The van der Waals surface area contributed by atoms with Gasteiger partial charge in [0.05, 0.1) is 0 Å². The van der Waals surface area contributed by atoms with Crippen LogP contribution in [0.1, 0.15) is 0 Å². The Hall–Kier alpha value is -2.42. The summed E-state index contributed by atoms with van der Waals surface area (Å²) in [5, 5.41) is 0.724. The van der Waals surface area contributed by atoms with Crippen molar-refractivity contribution in [2.75, 3.05) is 0 Å². The minimum Gasteiger partial charge on any atom is -0.423 e. The zero-order valence-corrected chi connectivity index (χ0v) is 9.39. The molecule has 0 N–H and O–H groups in total. The van der Waals surface area contributed by atoms with Crippen LogP contribution >= 0.6 is 0 Å². The second-order valence-corrected chi connectivity index (χ2v) is 3.99. The summed E-state index contributed by atoms with van der Waals surface area (Å²) in [6, 6.07) is 15.1. The van der Waals surface area contributed by atoms with E-state index in [2.05, 4.69) is 0 Å². The first-order valence-corrected chi connectivity index (χ1v) is 5.53. The molecule has 0 unspecified atom stereocenters. The lowest BCUT2D eigenvalue weighted by Crippen LogP contribution is -1.98. The number of fused-ring (bicyclic) bond motifs is 1. The molecule has 3 aromatic rings. The molecule has 1 heterocycles. The van der Waals surface area contributed by atoms with Gasteiger partial charge in [-0.3, -0.25) is 0 Å². The summed E-state index contributed by atoms with van der Waals surface area (Å²) in [4.78, 5) is 11.5. The van der Waals surface area contributed by atoms with Gasteiger partial charge in [-0.25, -0.2) is 9.18 Å². The average molecular weight is 240 g/mol. The van der Waals surface area contributed by atoms with Gasteiger partial charge in [-0.05, 0) is 23.3 Å². The maximum Gasteiger partial charge on any atom is 0.336 e. The van der Waals surface area contributed by atoms with Gasteiger partial charge in [0.2, 0.25) is 0 Å². The van der Waals surface area contributed by atoms with E-state index < -0.39 is 11.4 Å². The van der Waals surface area contributed by atoms with Crippen molar-refractivity contribution in [3.05, 3.63) is 70.8 Å². The van der Waals surface area contributed by atoms with E-state index in [0.717, 1.165) is 16.5 Å². The molecule has 0 saturated heterocycles. The van der Waals surface area contributed by atoms with E-state index in [0.29, 0.717) is 0 Å². The minimum atomic E-state index is -0.480. The summed E-state index contributed by atoms with van der Waals surface area (Å²) in [5.74, 6) is -0.420. The summed E-state index contributed by atoms with van der Waals surface area (Å²) in [7, 11) is 0. The SMILES string of the molecule is O=c1cc(-c2ccccc2)c2ccc(F)cc2o1. The maximum atomic E-state index is 13.1. The Kier molecular flexibility index (Phi) is 2.45. The van der Waals surface area contributed by atoms with Crippen molar-refractivity contribution in [2.45, 2.75) is 0 Å². The normalized spacial score (nSPS) is 10.7. The van der Waals surface area contributed by atoms with E-state index in [1.54, 1.807) is 6.07 Å². The molecule has 0 saturated carbocycles. The van der Waals surface area contributed by atoms with E-state index in [1.807, 2.05) is 30.3 Å². The molecule has 0 aliphatic rings. The van der Waals surface area contributed by atoms with Gasteiger partial charge in [-0.15, -0.1) is 0 Å². The minimum absolute atomic E-state index is 0.265. The zero-order valence-electron chi connectivity index (χ0n) is 9.39. The molecule has 2 aromatic carbocycles. The molecule has 0 atom stereocenters. The Morgan fingerprint density at radius 2 is 1.72 bits per heavy atom. The summed E-state index contributed by atoms with van der Waals surface area (Å²) in [6.07, 6.45) is 0. The van der Waals surface area contributed by atoms with Crippen molar-refractivity contribution >= 4 is 11.0 Å². The highest BCUT2D eigenvalue weighted by molar-refractivity contribution is 5.93. The quantitative estimate of drug-likeness (QED) is 0.608. The van der Waals surface area contributed by atoms with Crippen LogP contribution in [0.15, 0.2) is 63.8 Å². The van der Waals surface area contributed by atoms with Gasteiger partial charge >= 0.3 is 5.63 Å². The number of rotatable bonds is 1. The van der Waals surface area contributed by atoms with Crippen molar-refractivity contribution in [1.29, 1.82) is 0 Å². The van der Waals surface area contributed by atoms with Crippen LogP contribution < -0.4 is 5.63 Å². The summed E-state index contributed by atoms with van der Waals surface area (Å²) >= 11 is 0. The second kappa shape index (κ2) is 4.11. The highest BCUT2D eigenvalue weighted by atomic mass is 19.1. The van der Waals surface area contributed by atoms with Crippen LogP contribution in [0.25, 0.3) is 22.1 Å². The first kappa shape index (κ1) is 10.7. The molecule has 0 aliphatic heterocycles. The van der Waals surface area contributed by atoms with Crippen molar-refractivity contribution in [3.63, 3.8) is 0 Å². The van der Waals surface area contributed by atoms with Gasteiger partial charge in [-0.2, -0.15) is 0 Å². The lowest BCUT2D eigenvalue weighted by molar-refractivity contribution is 0.554. The molecule has 0 radical (unpaired) electrons. The van der Waals surface area contributed by atoms with Gasteiger partial charge in [0.15, 0.2) is 0 Å². The van der Waals surface area contributed by atoms with Crippen LogP contribution in [0, 0.1) is 5.82 Å². The molecule has 0 bridgehead atoms. The number of hydrogen-bond donors (Lipinski definition) is 0. The van der Waals surface area contributed by atoms with Gasteiger partial charge in [0, 0.05) is 17.5 Å². The van der Waals surface area contributed by atoms with Crippen LogP contribution in [0.3, 0.4) is 0 Å². The van der Waals surface area contributed by atoms with E-state index in [1.165, 1.54) is 18.2 Å². The van der Waals surface area contributed by atoms with Crippen molar-refractivity contribution in [2.24, 2.45) is 0 Å². The van der Waals surface area contributed by atoms with Crippen molar-refractivity contribution in [1.82, 2.24) is 0 Å². The van der Waals surface area contributed by atoms with Gasteiger partial charge in [0.1, 0.15) is 11.4 Å². The fourth-order valence-corrected chi connectivity index (χ4v) is 1.99. The first-order chi connectivity index (χ1) is 8.74. The molecule has 1 aromatic heterocycles. The molecule has 88 valence electrons. The monoisotopic (exact) mass is 240 g/mol. The lowest BCUT2D eigenvalue weighted by Gasteiger charge is -2.05. The van der Waals surface area contributed by atoms with Crippen LogP contribution in [0.4, 0.5) is 4.39 Å². The third-order valence-corrected chi connectivity index (χ3v) is 2.79. The standard InChI is InChI=1S/C15H9FO2/c16-11-6-7-12-13(10-4-2-1-3-5-10)9-15(17)18-14(12)8-11/h1-9H. The van der Waals surface area contributed by atoms with Gasteiger partial charge < -0.3 is 4.42 Å². The Morgan fingerprint density at radius 3 is 2.50 bits per heavy atom. The number of benzene rings is 2. The van der Waals surface area contributed by atoms with E-state index in [9.17, 15) is 9.18 Å². The van der Waals surface area contributed by atoms with Gasteiger partial charge in [0.25, 0.3) is 0 Å². The van der Waals surface area contributed by atoms with E-state index in [4.69, 9.17) is 4.42 Å². The molecule has 0 aliphatic carbocycles. The Labute approximate surface area is 102 Å². The number of hydrogen-bond acceptors (Lipinski definition) is 2. The smallest absolute Gasteiger partial charge is 0.336 e. The zero-order chi connectivity index (χ0) is 12.5. The Bertz CT molecular complexity index is 760. The van der Waals surface area contributed by atoms with Gasteiger partial charge in [-0.1, -0.05) is 30.3 Å². The third-order valence-electron chi connectivity index (χ3n) is 2.79. The van der Waals surface area contributed by atoms with Crippen LogP contribution in [0.2, 0.25) is 0 Å². The molecule has 0 amide bonds. The molecular formula is C15H9FO2. The predicted molar refractivity (Wildman–Crippen MR) is 67.9 cm³/mol. The second-order valence-electron chi connectivity index (χ2n) is 3.99. The topological polar surface area (TPSA) is 30.2 Å². The summed E-state index contributed by atoms with van der Waals surface area (Å²) in [5.41, 5.74) is 1.44. The molecule has 3 rings (SSSR count). The average Bonchev–Trinajstić information content (AvgIpc) is 2.38. The molecule has 0 spiro atoms. The molecule has 2 nitrogen and oxygen atoms in total. The highest BCUT2D eigenvalue weighted by Gasteiger charge is 2.08. The summed E-state index contributed by atoms with van der Waals surface area (Å²) in [6.45, 7) is 0. The van der Waals surface area contributed by atoms with Crippen molar-refractivity contribution < 1.29 is 8.81 Å². The maximum absolute atomic E-state index is 13.1. The highest BCUT2D eigenvalue weighted by Crippen LogP contribution is 2.27. The van der Waals surface area contributed by atoms with Crippen LogP contribution in [0.5, 0.6) is 0 Å². The first-order valence-electron chi connectivity index (χ1n) is 5.53. The molecular weight excluding hydrogens is 231 g/mol. The Balaban J connectivity index is 2.39. The molecule has 18 heavy (non-hydrogen) atoms. The van der Waals surface area contributed by atoms with Crippen LogP contribution in [-0.2, 0) is 0 Å². The largest absolute Gasteiger partial charge is 0.423 e. The fraction of sp³-hybridized carbons (Fsp3) is 0. The van der Waals surface area contributed by atoms with Crippen molar-refractivity contribution in [3.8, 4) is 11.1 Å². The number of halogens is 1. The molecule has 0 fully saturated rings. The fourth-order valence-electron chi connectivity index (χ4n) is 1.99. The summed E-state index contributed by atoms with van der Waals surface area (Å²) < 4.78 is 18.1. The predicted octanol–water partition coefficient (Wildman–Crippen LogP) is 3.60. The molecule has 3 heteroatoms. The lowest BCUT2D eigenvalue weighted by atomic mass is 10.0. The van der Waals surface area contributed by atoms with E-state index in [-0.39, 0.29) is 5.58 Å². The Morgan fingerprint density at radius 1 is 0.944 bits per heavy atom.